The van der Waals surface area contributed by atoms with E-state index in [2.05, 4.69) is 16.5 Å². The summed E-state index contributed by atoms with van der Waals surface area (Å²) in [5, 5.41) is 0. The Hall–Kier alpha value is -3.35. The van der Waals surface area contributed by atoms with Crippen molar-refractivity contribution in [1.29, 1.82) is 0 Å². The van der Waals surface area contributed by atoms with Crippen LogP contribution in [0.15, 0.2) is 61.3 Å². The van der Waals surface area contributed by atoms with Gasteiger partial charge in [0.2, 0.25) is 5.88 Å². The molecule has 0 spiro atoms. The first kappa shape index (κ1) is 20.4. The van der Waals surface area contributed by atoms with Crippen molar-refractivity contribution < 1.29 is 22.6 Å². The van der Waals surface area contributed by atoms with E-state index in [1.807, 2.05) is 55.5 Å². The number of hydrogen-bond donors (Lipinski definition) is 0. The van der Waals surface area contributed by atoms with E-state index in [0.717, 1.165) is 22.3 Å². The summed E-state index contributed by atoms with van der Waals surface area (Å²) in [6.45, 7) is 4.22. The van der Waals surface area contributed by atoms with Gasteiger partial charge in [-0.2, -0.15) is 18.2 Å². The third-order valence-corrected chi connectivity index (χ3v) is 4.24. The summed E-state index contributed by atoms with van der Waals surface area (Å²) in [4.78, 5) is 7.96. The monoisotopic (exact) mass is 400 g/mol. The van der Waals surface area contributed by atoms with Crippen molar-refractivity contribution in [3.8, 4) is 23.0 Å². The van der Waals surface area contributed by atoms with Crippen LogP contribution in [0.4, 0.5) is 13.2 Å². The van der Waals surface area contributed by atoms with E-state index >= 15 is 0 Å². The normalized spacial score (nSPS) is 11.2. The first-order chi connectivity index (χ1) is 13.9. The summed E-state index contributed by atoms with van der Waals surface area (Å²) in [7, 11) is 0. The summed E-state index contributed by atoms with van der Waals surface area (Å²) >= 11 is 0. The van der Waals surface area contributed by atoms with Gasteiger partial charge in [-0.1, -0.05) is 61.2 Å². The highest BCUT2D eigenvalue weighted by Crippen LogP contribution is 2.27. The number of rotatable bonds is 7. The van der Waals surface area contributed by atoms with Crippen LogP contribution in [0.2, 0.25) is 0 Å². The van der Waals surface area contributed by atoms with Crippen molar-refractivity contribution in [1.82, 2.24) is 9.97 Å². The second-order valence-electron chi connectivity index (χ2n) is 6.27. The van der Waals surface area contributed by atoms with Crippen LogP contribution in [0, 0.1) is 6.92 Å². The van der Waals surface area contributed by atoms with Gasteiger partial charge in [0.1, 0.15) is 6.61 Å². The zero-order chi connectivity index (χ0) is 20.9. The molecule has 150 valence electrons. The van der Waals surface area contributed by atoms with Crippen molar-refractivity contribution in [3.63, 3.8) is 0 Å². The molecule has 0 aliphatic carbocycles. The Morgan fingerprint density at radius 3 is 2.48 bits per heavy atom. The van der Waals surface area contributed by atoms with E-state index < -0.39 is 12.8 Å². The molecule has 0 saturated carbocycles. The maximum absolute atomic E-state index is 12.4. The van der Waals surface area contributed by atoms with Gasteiger partial charge in [-0.05, 0) is 29.2 Å². The molecule has 1 heterocycles. The van der Waals surface area contributed by atoms with E-state index in [1.54, 1.807) is 0 Å². The van der Waals surface area contributed by atoms with Crippen molar-refractivity contribution in [3.05, 3.63) is 78.0 Å². The Morgan fingerprint density at radius 1 is 1.03 bits per heavy atom. The topological polar surface area (TPSA) is 44.2 Å². The smallest absolute Gasteiger partial charge is 0.422 e. The molecule has 0 fully saturated rings. The van der Waals surface area contributed by atoms with Gasteiger partial charge < -0.3 is 9.47 Å². The Morgan fingerprint density at radius 2 is 1.79 bits per heavy atom. The Balaban J connectivity index is 1.77. The Bertz CT molecular complexity index is 989. The number of nitrogens with zero attached hydrogens (tertiary/aromatic N) is 2. The largest absolute Gasteiger partial charge is 0.467 e. The lowest BCUT2D eigenvalue weighted by atomic mass is 9.97. The summed E-state index contributed by atoms with van der Waals surface area (Å²) in [5.41, 5.74) is 4.37. The van der Waals surface area contributed by atoms with Crippen molar-refractivity contribution >= 4 is 6.08 Å². The minimum Gasteiger partial charge on any atom is -0.467 e. The van der Waals surface area contributed by atoms with Crippen LogP contribution in [-0.4, -0.2) is 22.8 Å². The van der Waals surface area contributed by atoms with Gasteiger partial charge in [-0.3, -0.25) is 0 Å². The molecule has 0 amide bonds. The van der Waals surface area contributed by atoms with Crippen LogP contribution in [-0.2, 0) is 6.61 Å². The van der Waals surface area contributed by atoms with Gasteiger partial charge in [0.25, 0.3) is 0 Å². The average Bonchev–Trinajstić information content (AvgIpc) is 2.71. The minimum absolute atomic E-state index is 0.0720. The van der Waals surface area contributed by atoms with Crippen LogP contribution in [0.5, 0.6) is 11.9 Å². The number of halogens is 3. The number of aromatic nitrogens is 2. The molecule has 0 radical (unpaired) electrons. The molecular weight excluding hydrogens is 381 g/mol. The van der Waals surface area contributed by atoms with E-state index in [0.29, 0.717) is 0 Å². The molecule has 7 heteroatoms. The predicted molar refractivity (Wildman–Crippen MR) is 105 cm³/mol. The van der Waals surface area contributed by atoms with Gasteiger partial charge >= 0.3 is 12.2 Å². The van der Waals surface area contributed by atoms with Gasteiger partial charge in [0.15, 0.2) is 6.61 Å². The zero-order valence-electron chi connectivity index (χ0n) is 15.7. The summed E-state index contributed by atoms with van der Waals surface area (Å²) < 4.78 is 47.7. The fourth-order valence-corrected chi connectivity index (χ4v) is 2.75. The van der Waals surface area contributed by atoms with E-state index in [4.69, 9.17) is 9.47 Å². The molecule has 0 bridgehead atoms. The second-order valence-corrected chi connectivity index (χ2v) is 6.27. The minimum atomic E-state index is -4.47. The maximum Gasteiger partial charge on any atom is 0.422 e. The fraction of sp³-hybridized carbons (Fsp3) is 0.182. The van der Waals surface area contributed by atoms with Crippen molar-refractivity contribution in [2.75, 3.05) is 6.61 Å². The molecule has 0 N–H and O–H groups in total. The number of benzene rings is 2. The molecule has 1 aromatic heterocycles. The van der Waals surface area contributed by atoms with E-state index in [-0.39, 0.29) is 24.1 Å². The van der Waals surface area contributed by atoms with Gasteiger partial charge in [-0.25, -0.2) is 4.98 Å². The lowest BCUT2D eigenvalue weighted by molar-refractivity contribution is -0.154. The van der Waals surface area contributed by atoms with Crippen LogP contribution >= 0.6 is 0 Å². The van der Waals surface area contributed by atoms with Crippen LogP contribution < -0.4 is 9.47 Å². The van der Waals surface area contributed by atoms with Gasteiger partial charge in [0.05, 0.1) is 5.56 Å². The van der Waals surface area contributed by atoms with Crippen molar-refractivity contribution in [2.45, 2.75) is 19.7 Å². The first-order valence-electron chi connectivity index (χ1n) is 8.83. The Kier molecular flexibility index (Phi) is 6.16. The van der Waals surface area contributed by atoms with Gasteiger partial charge in [-0.15, -0.1) is 0 Å². The summed E-state index contributed by atoms with van der Waals surface area (Å²) in [6, 6.07) is 15.7. The molecule has 0 aliphatic heterocycles. The van der Waals surface area contributed by atoms with Gasteiger partial charge in [0, 0.05) is 6.20 Å². The third-order valence-electron chi connectivity index (χ3n) is 4.24. The van der Waals surface area contributed by atoms with Crippen LogP contribution in [0.1, 0.15) is 16.7 Å². The third kappa shape index (κ3) is 5.34. The van der Waals surface area contributed by atoms with Crippen LogP contribution in [0.25, 0.3) is 17.2 Å². The highest BCUT2D eigenvalue weighted by atomic mass is 19.4. The zero-order valence-corrected chi connectivity index (χ0v) is 15.7. The molecule has 2 aromatic carbocycles. The standard InChI is InChI=1S/C22H19F3N2O2/c1-3-16-12-26-21(27-20(16)29-14-22(23,24)25)28-13-18-10-7-11-19(15(18)2)17-8-5-4-6-9-17/h3-12H,1,13-14H2,2H3. The van der Waals surface area contributed by atoms with Crippen molar-refractivity contribution in [2.24, 2.45) is 0 Å². The Labute approximate surface area is 166 Å². The lowest BCUT2D eigenvalue weighted by Gasteiger charge is -2.13. The molecular formula is C22H19F3N2O2. The van der Waals surface area contributed by atoms with Crippen LogP contribution in [0.3, 0.4) is 0 Å². The quantitative estimate of drug-likeness (QED) is 0.517. The molecule has 4 nitrogen and oxygen atoms in total. The number of alkyl halides is 3. The first-order valence-corrected chi connectivity index (χ1v) is 8.83. The molecule has 0 unspecified atom stereocenters. The highest BCUT2D eigenvalue weighted by Gasteiger charge is 2.29. The van der Waals surface area contributed by atoms with E-state index in [1.165, 1.54) is 12.3 Å². The highest BCUT2D eigenvalue weighted by molar-refractivity contribution is 5.68. The number of hydrogen-bond acceptors (Lipinski definition) is 4. The molecule has 3 rings (SSSR count). The second kappa shape index (κ2) is 8.77. The molecule has 0 atom stereocenters. The average molecular weight is 400 g/mol. The molecule has 0 saturated heterocycles. The van der Waals surface area contributed by atoms with E-state index in [9.17, 15) is 13.2 Å². The lowest BCUT2D eigenvalue weighted by Crippen LogP contribution is -2.20. The predicted octanol–water partition coefficient (Wildman–Crippen LogP) is 5.62. The SMILES string of the molecule is C=Cc1cnc(OCc2cccc(-c3ccccc3)c2C)nc1OCC(F)(F)F. The fourth-order valence-electron chi connectivity index (χ4n) is 2.75. The molecule has 29 heavy (non-hydrogen) atoms. The summed E-state index contributed by atoms with van der Waals surface area (Å²) in [6.07, 6.45) is -1.84. The molecule has 0 aliphatic rings. The maximum atomic E-state index is 12.4. The summed E-state index contributed by atoms with van der Waals surface area (Å²) in [5.74, 6) is -0.225. The number of ether oxygens (including phenoxy) is 2. The molecule has 3 aromatic rings.